The van der Waals surface area contributed by atoms with Crippen LogP contribution in [-0.2, 0) is 16.0 Å². The minimum absolute atomic E-state index is 0.296. The minimum atomic E-state index is -1.08. The Kier molecular flexibility index (Phi) is 7.65. The second-order valence-corrected chi connectivity index (χ2v) is 5.69. The van der Waals surface area contributed by atoms with E-state index in [0.29, 0.717) is 11.3 Å². The van der Waals surface area contributed by atoms with Gasteiger partial charge in [0.15, 0.2) is 0 Å². The van der Waals surface area contributed by atoms with Crippen molar-refractivity contribution in [1.29, 1.82) is 0 Å². The van der Waals surface area contributed by atoms with E-state index in [1.54, 1.807) is 6.26 Å². The summed E-state index contributed by atoms with van der Waals surface area (Å²) in [6.07, 6.45) is 2.17. The van der Waals surface area contributed by atoms with Gasteiger partial charge in [-0.15, -0.1) is 0 Å². The molecule has 0 aliphatic heterocycles. The van der Waals surface area contributed by atoms with Gasteiger partial charge in [0.25, 0.3) is 0 Å². The lowest BCUT2D eigenvalue weighted by Gasteiger charge is -2.27. The minimum Gasteiger partial charge on any atom is -0.481 e. The molecule has 0 saturated carbocycles. The summed E-state index contributed by atoms with van der Waals surface area (Å²) >= 11 is 0. The molecule has 0 aliphatic rings. The molecule has 0 amide bonds. The highest BCUT2D eigenvalue weighted by molar-refractivity contribution is 5.75. The van der Waals surface area contributed by atoms with Gasteiger partial charge in [-0.2, -0.15) is 0 Å². The first kappa shape index (κ1) is 18.2. The molecule has 5 heteroatoms. The van der Waals surface area contributed by atoms with Crippen LogP contribution in [0.1, 0.15) is 46.3 Å². The van der Waals surface area contributed by atoms with E-state index in [2.05, 4.69) is 27.7 Å². The third kappa shape index (κ3) is 8.34. The lowest BCUT2D eigenvalue weighted by atomic mass is 9.78. The Hall–Kier alpha value is -1.78. The van der Waals surface area contributed by atoms with Gasteiger partial charge in [-0.25, -0.2) is 0 Å². The van der Waals surface area contributed by atoms with E-state index in [4.69, 9.17) is 14.6 Å². The molecule has 0 fully saturated rings. The fourth-order valence-corrected chi connectivity index (χ4v) is 1.28. The quantitative estimate of drug-likeness (QED) is 0.835. The number of carboxylic acid groups (broad SMARTS) is 2. The van der Waals surface area contributed by atoms with E-state index >= 15 is 0 Å². The molecule has 114 valence electrons. The van der Waals surface area contributed by atoms with Crippen LogP contribution in [0.4, 0.5) is 0 Å². The van der Waals surface area contributed by atoms with Crippen molar-refractivity contribution in [2.45, 2.75) is 47.0 Å². The van der Waals surface area contributed by atoms with Crippen molar-refractivity contribution in [1.82, 2.24) is 0 Å². The Morgan fingerprint density at radius 1 is 1.20 bits per heavy atom. The third-order valence-corrected chi connectivity index (χ3v) is 3.33. The molecule has 0 atom stereocenters. The first-order valence-corrected chi connectivity index (χ1v) is 6.61. The molecule has 2 N–H and O–H groups in total. The molecule has 20 heavy (non-hydrogen) atoms. The van der Waals surface area contributed by atoms with E-state index < -0.39 is 11.9 Å². The average Bonchev–Trinajstić information content (AvgIpc) is 2.79. The SMILES string of the molecule is CC(C)C(C)(C)Cc1ccco1.O=C(O)CCC(=O)O. The number of aliphatic carboxylic acids is 2. The molecular formula is C15H24O5. The molecule has 0 spiro atoms. The number of furan rings is 1. The lowest BCUT2D eigenvalue weighted by Crippen LogP contribution is -2.21. The Balaban J connectivity index is 0.000000396. The summed E-state index contributed by atoms with van der Waals surface area (Å²) in [7, 11) is 0. The highest BCUT2D eigenvalue weighted by atomic mass is 16.4. The highest BCUT2D eigenvalue weighted by Gasteiger charge is 2.23. The molecule has 1 rings (SSSR count). The van der Waals surface area contributed by atoms with Crippen molar-refractivity contribution in [2.75, 3.05) is 0 Å². The Morgan fingerprint density at radius 2 is 1.70 bits per heavy atom. The van der Waals surface area contributed by atoms with E-state index in [1.807, 2.05) is 12.1 Å². The molecule has 0 unspecified atom stereocenters. The molecule has 0 aromatic carbocycles. The van der Waals surface area contributed by atoms with Crippen LogP contribution in [0.25, 0.3) is 0 Å². The van der Waals surface area contributed by atoms with Crippen molar-refractivity contribution >= 4 is 11.9 Å². The van der Waals surface area contributed by atoms with Crippen molar-refractivity contribution in [3.63, 3.8) is 0 Å². The predicted octanol–water partition coefficient (Wildman–Crippen LogP) is 3.44. The van der Waals surface area contributed by atoms with Crippen LogP contribution in [0, 0.1) is 11.3 Å². The molecule has 5 nitrogen and oxygen atoms in total. The number of hydrogen-bond acceptors (Lipinski definition) is 3. The predicted molar refractivity (Wildman–Crippen MR) is 75.5 cm³/mol. The number of rotatable bonds is 6. The maximum atomic E-state index is 9.64. The van der Waals surface area contributed by atoms with E-state index in [9.17, 15) is 9.59 Å². The van der Waals surface area contributed by atoms with Gasteiger partial charge >= 0.3 is 11.9 Å². The molecule has 0 saturated heterocycles. The molecule has 0 aliphatic carbocycles. The Labute approximate surface area is 119 Å². The summed E-state index contributed by atoms with van der Waals surface area (Å²) in [5.41, 5.74) is 0.331. The van der Waals surface area contributed by atoms with E-state index in [-0.39, 0.29) is 12.8 Å². The van der Waals surface area contributed by atoms with Gasteiger partial charge in [-0.3, -0.25) is 9.59 Å². The van der Waals surface area contributed by atoms with Crippen LogP contribution in [0.15, 0.2) is 22.8 Å². The first-order valence-electron chi connectivity index (χ1n) is 6.61. The second-order valence-electron chi connectivity index (χ2n) is 5.69. The zero-order chi connectivity index (χ0) is 15.8. The van der Waals surface area contributed by atoms with Crippen molar-refractivity contribution in [3.8, 4) is 0 Å². The largest absolute Gasteiger partial charge is 0.481 e. The van der Waals surface area contributed by atoms with Crippen LogP contribution in [-0.4, -0.2) is 22.2 Å². The normalized spacial score (nSPS) is 10.8. The highest BCUT2D eigenvalue weighted by Crippen LogP contribution is 2.30. The zero-order valence-corrected chi connectivity index (χ0v) is 12.5. The number of carbonyl (C=O) groups is 2. The van der Waals surface area contributed by atoms with Crippen molar-refractivity contribution in [2.24, 2.45) is 11.3 Å². The van der Waals surface area contributed by atoms with Gasteiger partial charge in [0, 0.05) is 6.42 Å². The van der Waals surface area contributed by atoms with Gasteiger partial charge in [-0.1, -0.05) is 27.7 Å². The number of carboxylic acids is 2. The molecular weight excluding hydrogens is 260 g/mol. The standard InChI is InChI=1S/C11H18O.C4H6O4/c1-9(2)11(3,4)8-10-6-5-7-12-10;5-3(6)1-2-4(7)8/h5-7,9H,8H2,1-4H3;1-2H2,(H,5,6)(H,7,8). The van der Waals surface area contributed by atoms with Gasteiger partial charge in [0.05, 0.1) is 19.1 Å². The fourth-order valence-electron chi connectivity index (χ4n) is 1.28. The summed E-state index contributed by atoms with van der Waals surface area (Å²) in [5.74, 6) is -0.379. The van der Waals surface area contributed by atoms with Crippen molar-refractivity contribution in [3.05, 3.63) is 24.2 Å². The molecule has 0 radical (unpaired) electrons. The maximum Gasteiger partial charge on any atom is 0.303 e. The third-order valence-electron chi connectivity index (χ3n) is 3.33. The van der Waals surface area contributed by atoms with Crippen LogP contribution < -0.4 is 0 Å². The molecule has 1 heterocycles. The second kappa shape index (κ2) is 8.40. The first-order chi connectivity index (χ1) is 9.15. The van der Waals surface area contributed by atoms with Gasteiger partial charge in [-0.05, 0) is 23.5 Å². The molecule has 1 aromatic heterocycles. The lowest BCUT2D eigenvalue weighted by molar-refractivity contribution is -0.143. The summed E-state index contributed by atoms with van der Waals surface area (Å²) in [6.45, 7) is 9.06. The molecule has 1 aromatic rings. The zero-order valence-electron chi connectivity index (χ0n) is 12.5. The molecule has 0 bridgehead atoms. The maximum absolute atomic E-state index is 9.64. The summed E-state index contributed by atoms with van der Waals surface area (Å²) in [6, 6.07) is 4.00. The topological polar surface area (TPSA) is 87.7 Å². The average molecular weight is 284 g/mol. The van der Waals surface area contributed by atoms with Crippen LogP contribution in [0.5, 0.6) is 0 Å². The van der Waals surface area contributed by atoms with E-state index in [1.165, 1.54) is 0 Å². The van der Waals surface area contributed by atoms with Crippen molar-refractivity contribution < 1.29 is 24.2 Å². The smallest absolute Gasteiger partial charge is 0.303 e. The Morgan fingerprint density at radius 3 is 2.00 bits per heavy atom. The fraction of sp³-hybridized carbons (Fsp3) is 0.600. The van der Waals surface area contributed by atoms with E-state index in [0.717, 1.165) is 12.2 Å². The summed E-state index contributed by atoms with van der Waals surface area (Å²) in [5, 5.41) is 15.8. The van der Waals surface area contributed by atoms with Gasteiger partial charge in [0.2, 0.25) is 0 Å². The van der Waals surface area contributed by atoms with Crippen LogP contribution >= 0.6 is 0 Å². The van der Waals surface area contributed by atoms with Crippen LogP contribution in [0.3, 0.4) is 0 Å². The van der Waals surface area contributed by atoms with Gasteiger partial charge in [0.1, 0.15) is 5.76 Å². The van der Waals surface area contributed by atoms with Crippen LogP contribution in [0.2, 0.25) is 0 Å². The van der Waals surface area contributed by atoms with Gasteiger partial charge < -0.3 is 14.6 Å². The monoisotopic (exact) mass is 284 g/mol. The summed E-state index contributed by atoms with van der Waals surface area (Å²) in [4.78, 5) is 19.3. The Bertz CT molecular complexity index is 390. The summed E-state index contributed by atoms with van der Waals surface area (Å²) < 4.78 is 5.32. The number of hydrogen-bond donors (Lipinski definition) is 2.